The predicted molar refractivity (Wildman–Crippen MR) is 133 cm³/mol. The van der Waals surface area contributed by atoms with Crippen LogP contribution in [0.25, 0.3) is 10.2 Å². The minimum atomic E-state index is -0.213. The van der Waals surface area contributed by atoms with E-state index in [1.807, 2.05) is 61.5 Å². The van der Waals surface area contributed by atoms with Crippen LogP contribution in [-0.2, 0) is 11.3 Å². The van der Waals surface area contributed by atoms with E-state index in [4.69, 9.17) is 23.9 Å². The Morgan fingerprint density at radius 3 is 2.18 bits per heavy atom. The van der Waals surface area contributed by atoms with Gasteiger partial charge in [0.05, 0.1) is 27.4 Å². The molecule has 4 aromatic rings. The zero-order valence-electron chi connectivity index (χ0n) is 19.3. The molecule has 0 fully saturated rings. The topological polar surface area (TPSA) is 70.1 Å². The number of fused-ring (bicyclic) bond motifs is 1. The second kappa shape index (κ2) is 10.9. The Labute approximate surface area is 202 Å². The van der Waals surface area contributed by atoms with Crippen molar-refractivity contribution in [1.29, 1.82) is 0 Å². The summed E-state index contributed by atoms with van der Waals surface area (Å²) in [7, 11) is 3.20. The number of carbonyl (C=O) groups is 1. The van der Waals surface area contributed by atoms with E-state index in [0.29, 0.717) is 41.0 Å². The summed E-state index contributed by atoms with van der Waals surface area (Å²) in [6.07, 6.45) is 0. The highest BCUT2D eigenvalue weighted by Crippen LogP contribution is 2.40. The van der Waals surface area contributed by atoms with Gasteiger partial charge < -0.3 is 18.9 Å². The van der Waals surface area contributed by atoms with Crippen LogP contribution in [0, 0.1) is 0 Å². The molecule has 7 nitrogen and oxygen atoms in total. The third-order valence-electron chi connectivity index (χ3n) is 5.11. The van der Waals surface area contributed by atoms with Gasteiger partial charge in [0, 0.05) is 0 Å². The molecule has 1 aromatic heterocycles. The summed E-state index contributed by atoms with van der Waals surface area (Å²) >= 11 is 1.38. The Kier molecular flexibility index (Phi) is 7.49. The molecule has 8 heteroatoms. The van der Waals surface area contributed by atoms with Crippen LogP contribution in [0.3, 0.4) is 0 Å². The zero-order chi connectivity index (χ0) is 23.9. The lowest BCUT2D eigenvalue weighted by atomic mass is 10.2. The number of aromatic nitrogens is 1. The largest absolute Gasteiger partial charge is 0.495 e. The van der Waals surface area contributed by atoms with E-state index in [-0.39, 0.29) is 12.5 Å². The van der Waals surface area contributed by atoms with E-state index >= 15 is 0 Å². The zero-order valence-corrected chi connectivity index (χ0v) is 20.1. The van der Waals surface area contributed by atoms with Crippen LogP contribution < -0.4 is 23.8 Å². The molecule has 0 unspecified atom stereocenters. The number of anilines is 1. The molecule has 34 heavy (non-hydrogen) atoms. The molecule has 176 valence electrons. The van der Waals surface area contributed by atoms with Gasteiger partial charge in [-0.25, -0.2) is 4.98 Å². The summed E-state index contributed by atoms with van der Waals surface area (Å²) in [5.74, 6) is 2.43. The van der Waals surface area contributed by atoms with Gasteiger partial charge in [-0.3, -0.25) is 9.69 Å². The summed E-state index contributed by atoms with van der Waals surface area (Å²) < 4.78 is 23.0. The molecule has 0 saturated heterocycles. The van der Waals surface area contributed by atoms with Gasteiger partial charge in [0.25, 0.3) is 5.91 Å². The number of hydrogen-bond acceptors (Lipinski definition) is 7. The Balaban J connectivity index is 1.62. The maximum atomic E-state index is 13.4. The van der Waals surface area contributed by atoms with Crippen LogP contribution in [0.1, 0.15) is 12.5 Å². The van der Waals surface area contributed by atoms with Crippen LogP contribution in [0.4, 0.5) is 5.13 Å². The first-order valence-corrected chi connectivity index (χ1v) is 11.7. The minimum Gasteiger partial charge on any atom is -0.495 e. The fourth-order valence-electron chi connectivity index (χ4n) is 3.44. The van der Waals surface area contributed by atoms with Crippen LogP contribution in [-0.4, -0.2) is 38.3 Å². The Bertz CT molecular complexity index is 1200. The number of ether oxygens (including phenoxy) is 4. The first-order valence-electron chi connectivity index (χ1n) is 10.8. The number of thiazole rings is 1. The van der Waals surface area contributed by atoms with Crippen LogP contribution in [0.15, 0.2) is 66.7 Å². The molecule has 0 N–H and O–H groups in total. The first-order chi connectivity index (χ1) is 16.6. The number of rotatable bonds is 10. The fraction of sp³-hybridized carbons (Fsp3) is 0.231. The van der Waals surface area contributed by atoms with Crippen LogP contribution >= 0.6 is 11.3 Å². The number of methoxy groups -OCH3 is 2. The van der Waals surface area contributed by atoms with Crippen LogP contribution in [0.5, 0.6) is 23.0 Å². The van der Waals surface area contributed by atoms with Crippen molar-refractivity contribution in [3.8, 4) is 23.0 Å². The number of amides is 1. The molecule has 0 atom stereocenters. The Morgan fingerprint density at radius 2 is 1.53 bits per heavy atom. The average molecular weight is 479 g/mol. The summed E-state index contributed by atoms with van der Waals surface area (Å²) in [5.41, 5.74) is 1.63. The molecule has 4 rings (SSSR count). The first kappa shape index (κ1) is 23.4. The van der Waals surface area contributed by atoms with Gasteiger partial charge in [-0.1, -0.05) is 41.7 Å². The van der Waals surface area contributed by atoms with E-state index < -0.39 is 0 Å². The molecular formula is C26H26N2O5S. The van der Waals surface area contributed by atoms with Gasteiger partial charge in [0.2, 0.25) is 0 Å². The van der Waals surface area contributed by atoms with Crippen molar-refractivity contribution in [3.05, 3.63) is 72.3 Å². The molecule has 0 radical (unpaired) electrons. The third kappa shape index (κ3) is 5.23. The monoisotopic (exact) mass is 478 g/mol. The van der Waals surface area contributed by atoms with Gasteiger partial charge in [0.1, 0.15) is 33.2 Å². The van der Waals surface area contributed by atoms with Gasteiger partial charge in [0.15, 0.2) is 11.7 Å². The maximum Gasteiger partial charge on any atom is 0.267 e. The average Bonchev–Trinajstić information content (AvgIpc) is 3.32. The molecule has 0 bridgehead atoms. The highest BCUT2D eigenvalue weighted by atomic mass is 32.1. The summed E-state index contributed by atoms with van der Waals surface area (Å²) in [6, 6.07) is 20.6. The SMILES string of the molecule is CCOc1ccc(OCC(=O)N(Cc2ccccc2)c2nc3c(OC)ccc(OC)c3s2)cc1. The van der Waals surface area contributed by atoms with E-state index in [9.17, 15) is 4.79 Å². The van der Waals surface area contributed by atoms with E-state index in [1.165, 1.54) is 11.3 Å². The Morgan fingerprint density at radius 1 is 0.882 bits per heavy atom. The van der Waals surface area contributed by atoms with Crippen molar-refractivity contribution in [2.75, 3.05) is 32.3 Å². The molecule has 1 amide bonds. The summed E-state index contributed by atoms with van der Waals surface area (Å²) in [5, 5.41) is 0.543. The minimum absolute atomic E-state index is 0.134. The van der Waals surface area contributed by atoms with Crippen molar-refractivity contribution >= 4 is 32.6 Å². The van der Waals surface area contributed by atoms with E-state index in [2.05, 4.69) is 0 Å². The maximum absolute atomic E-state index is 13.4. The number of nitrogens with zero attached hydrogens (tertiary/aromatic N) is 2. The van der Waals surface area contributed by atoms with Gasteiger partial charge in [-0.05, 0) is 48.9 Å². The highest BCUT2D eigenvalue weighted by Gasteiger charge is 2.23. The smallest absolute Gasteiger partial charge is 0.267 e. The molecule has 3 aromatic carbocycles. The standard InChI is InChI=1S/C26H26N2O5S/c1-4-32-19-10-12-20(13-11-19)33-17-23(29)28(16-18-8-6-5-7-9-18)26-27-24-21(30-2)14-15-22(31-3)25(24)34-26/h5-15H,4,16-17H2,1-3H3. The van der Waals surface area contributed by atoms with E-state index in [1.54, 1.807) is 31.3 Å². The highest BCUT2D eigenvalue weighted by molar-refractivity contribution is 7.22. The van der Waals surface area contributed by atoms with Crippen LogP contribution in [0.2, 0.25) is 0 Å². The molecule has 0 aliphatic carbocycles. The molecule has 0 aliphatic rings. The second-order valence-corrected chi connectivity index (χ2v) is 8.28. The number of benzene rings is 3. The molecular weight excluding hydrogens is 452 g/mol. The molecule has 0 saturated carbocycles. The normalized spacial score (nSPS) is 10.7. The second-order valence-electron chi connectivity index (χ2n) is 7.30. The van der Waals surface area contributed by atoms with Crippen molar-refractivity contribution < 1.29 is 23.7 Å². The lowest BCUT2D eigenvalue weighted by molar-refractivity contribution is -0.120. The van der Waals surface area contributed by atoms with Gasteiger partial charge in [-0.2, -0.15) is 0 Å². The summed E-state index contributed by atoms with van der Waals surface area (Å²) in [4.78, 5) is 19.7. The molecule has 0 spiro atoms. The molecule has 1 heterocycles. The van der Waals surface area contributed by atoms with Gasteiger partial charge >= 0.3 is 0 Å². The lowest BCUT2D eigenvalue weighted by Gasteiger charge is -2.20. The summed E-state index contributed by atoms with van der Waals surface area (Å²) in [6.45, 7) is 2.74. The quantitative estimate of drug-likeness (QED) is 0.307. The Hall–Kier alpha value is -3.78. The number of hydrogen-bond donors (Lipinski definition) is 0. The third-order valence-corrected chi connectivity index (χ3v) is 6.20. The van der Waals surface area contributed by atoms with Crippen molar-refractivity contribution in [2.24, 2.45) is 0 Å². The lowest BCUT2D eigenvalue weighted by Crippen LogP contribution is -2.34. The predicted octanol–water partition coefficient (Wildman–Crippen LogP) is 5.32. The van der Waals surface area contributed by atoms with Gasteiger partial charge in [-0.15, -0.1) is 0 Å². The van der Waals surface area contributed by atoms with Crippen molar-refractivity contribution in [3.63, 3.8) is 0 Å². The van der Waals surface area contributed by atoms with E-state index in [0.717, 1.165) is 16.0 Å². The number of carbonyl (C=O) groups excluding carboxylic acids is 1. The fourth-order valence-corrected chi connectivity index (χ4v) is 4.53. The van der Waals surface area contributed by atoms with Crippen molar-refractivity contribution in [1.82, 2.24) is 4.98 Å². The molecule has 0 aliphatic heterocycles. The van der Waals surface area contributed by atoms with Crippen molar-refractivity contribution in [2.45, 2.75) is 13.5 Å².